The van der Waals surface area contributed by atoms with Gasteiger partial charge in [0, 0.05) is 15.7 Å². The second-order valence-electron chi connectivity index (χ2n) is 6.72. The Hall–Kier alpha value is -3.15. The molecule has 1 aliphatic heterocycles. The Labute approximate surface area is 182 Å². The molecule has 0 saturated carbocycles. The Morgan fingerprint density at radius 2 is 1.47 bits per heavy atom. The number of halogens is 3. The average molecular weight is 441 g/mol. The number of amides is 2. The Balaban J connectivity index is 1.73. The number of hydrogen-bond donors (Lipinski definition) is 1. The molecule has 4 rings (SSSR count). The summed E-state index contributed by atoms with van der Waals surface area (Å²) in [6.45, 7) is 0.0836. The summed E-state index contributed by atoms with van der Waals surface area (Å²) in [6, 6.07) is 19.2. The molecule has 0 spiro atoms. The first kappa shape index (κ1) is 20.1. The summed E-state index contributed by atoms with van der Waals surface area (Å²) in [7, 11) is 0. The van der Waals surface area contributed by atoms with Gasteiger partial charge in [-0.25, -0.2) is 4.39 Å². The molecule has 4 nitrogen and oxygen atoms in total. The molecule has 0 aromatic heterocycles. The van der Waals surface area contributed by atoms with Gasteiger partial charge in [-0.15, -0.1) is 0 Å². The van der Waals surface area contributed by atoms with E-state index in [9.17, 15) is 14.0 Å². The van der Waals surface area contributed by atoms with Gasteiger partial charge in [0.05, 0.1) is 12.1 Å². The zero-order valence-electron chi connectivity index (χ0n) is 15.5. The van der Waals surface area contributed by atoms with Gasteiger partial charge < -0.3 is 5.32 Å². The normalized spacial score (nSPS) is 13.9. The Bertz CT molecular complexity index is 1160. The van der Waals surface area contributed by atoms with E-state index in [0.29, 0.717) is 21.3 Å². The number of carbonyl (C=O) groups is 2. The van der Waals surface area contributed by atoms with Crippen LogP contribution in [0, 0.1) is 5.82 Å². The Kier molecular flexibility index (Phi) is 5.57. The smallest absolute Gasteiger partial charge is 0.278 e. The van der Waals surface area contributed by atoms with Crippen LogP contribution in [0.2, 0.25) is 10.0 Å². The maximum absolute atomic E-state index is 13.6. The van der Waals surface area contributed by atoms with Gasteiger partial charge in [-0.3, -0.25) is 14.5 Å². The highest BCUT2D eigenvalue weighted by molar-refractivity contribution is 6.37. The molecule has 1 N–H and O–H groups in total. The Morgan fingerprint density at radius 3 is 2.10 bits per heavy atom. The van der Waals surface area contributed by atoms with Crippen molar-refractivity contribution in [1.29, 1.82) is 0 Å². The van der Waals surface area contributed by atoms with Crippen molar-refractivity contribution in [3.63, 3.8) is 0 Å². The fourth-order valence-corrected chi connectivity index (χ4v) is 3.45. The molecule has 1 aliphatic rings. The quantitative estimate of drug-likeness (QED) is 0.531. The van der Waals surface area contributed by atoms with Crippen molar-refractivity contribution in [1.82, 2.24) is 4.90 Å². The first-order valence-electron chi connectivity index (χ1n) is 9.06. The molecule has 0 bridgehead atoms. The van der Waals surface area contributed by atoms with Crippen LogP contribution < -0.4 is 5.32 Å². The predicted molar refractivity (Wildman–Crippen MR) is 115 cm³/mol. The minimum Gasteiger partial charge on any atom is -0.350 e. The van der Waals surface area contributed by atoms with Crippen molar-refractivity contribution in [2.75, 3.05) is 5.32 Å². The maximum Gasteiger partial charge on any atom is 0.278 e. The molecule has 0 fully saturated rings. The van der Waals surface area contributed by atoms with Gasteiger partial charge >= 0.3 is 0 Å². The molecule has 0 aliphatic carbocycles. The average Bonchev–Trinajstić information content (AvgIpc) is 2.95. The zero-order valence-corrected chi connectivity index (χ0v) is 17.0. The van der Waals surface area contributed by atoms with Crippen LogP contribution in [0.4, 0.5) is 10.1 Å². The Morgan fingerprint density at radius 1 is 0.833 bits per heavy atom. The molecule has 3 aromatic rings. The van der Waals surface area contributed by atoms with Crippen molar-refractivity contribution < 1.29 is 14.0 Å². The highest BCUT2D eigenvalue weighted by Crippen LogP contribution is 2.32. The second-order valence-corrected chi connectivity index (χ2v) is 7.59. The molecule has 2 amide bonds. The van der Waals surface area contributed by atoms with Crippen LogP contribution in [-0.4, -0.2) is 16.7 Å². The minimum atomic E-state index is -0.496. The molecule has 0 unspecified atom stereocenters. The van der Waals surface area contributed by atoms with Crippen LogP contribution in [0.25, 0.3) is 5.57 Å². The molecular weight excluding hydrogens is 426 g/mol. The van der Waals surface area contributed by atoms with Gasteiger partial charge in [0.15, 0.2) is 0 Å². The van der Waals surface area contributed by atoms with E-state index in [1.165, 1.54) is 18.2 Å². The van der Waals surface area contributed by atoms with Gasteiger partial charge in [0.25, 0.3) is 11.8 Å². The molecule has 150 valence electrons. The number of rotatable bonds is 5. The van der Waals surface area contributed by atoms with E-state index in [2.05, 4.69) is 5.32 Å². The van der Waals surface area contributed by atoms with E-state index < -0.39 is 17.6 Å². The number of nitrogens with zero attached hydrogens (tertiary/aromatic N) is 1. The van der Waals surface area contributed by atoms with Crippen LogP contribution in [0.1, 0.15) is 11.1 Å². The minimum absolute atomic E-state index is 0.0836. The van der Waals surface area contributed by atoms with E-state index in [1.807, 2.05) is 0 Å². The summed E-state index contributed by atoms with van der Waals surface area (Å²) in [5.74, 6) is -1.40. The lowest BCUT2D eigenvalue weighted by Gasteiger charge is -2.15. The SMILES string of the molecule is O=C1C(Nc2cccc(F)c2)=C(c2ccc(Cl)cc2)C(=O)N1Cc1ccc(Cl)cc1. The summed E-state index contributed by atoms with van der Waals surface area (Å²) in [4.78, 5) is 27.5. The van der Waals surface area contributed by atoms with E-state index in [4.69, 9.17) is 23.2 Å². The first-order chi connectivity index (χ1) is 14.4. The largest absolute Gasteiger partial charge is 0.350 e. The molecule has 30 heavy (non-hydrogen) atoms. The van der Waals surface area contributed by atoms with Gasteiger partial charge in [0.2, 0.25) is 0 Å². The standard InChI is InChI=1S/C23H15Cl2FN2O2/c24-16-8-4-14(5-9-16)13-28-22(29)20(15-6-10-17(25)11-7-15)21(23(28)30)27-19-3-1-2-18(26)12-19/h1-12,27H,13H2. The summed E-state index contributed by atoms with van der Waals surface area (Å²) >= 11 is 11.9. The summed E-state index contributed by atoms with van der Waals surface area (Å²) in [6.07, 6.45) is 0. The lowest BCUT2D eigenvalue weighted by molar-refractivity contribution is -0.137. The van der Waals surface area contributed by atoms with Crippen molar-refractivity contribution in [3.8, 4) is 0 Å². The number of carbonyl (C=O) groups excluding carboxylic acids is 2. The van der Waals surface area contributed by atoms with Gasteiger partial charge in [-0.1, -0.05) is 53.5 Å². The van der Waals surface area contributed by atoms with Crippen LogP contribution >= 0.6 is 23.2 Å². The van der Waals surface area contributed by atoms with Crippen LogP contribution in [0.3, 0.4) is 0 Å². The van der Waals surface area contributed by atoms with Crippen LogP contribution in [0.15, 0.2) is 78.5 Å². The highest BCUT2D eigenvalue weighted by Gasteiger charge is 2.39. The topological polar surface area (TPSA) is 49.4 Å². The molecule has 0 saturated heterocycles. The lowest BCUT2D eigenvalue weighted by atomic mass is 10.0. The number of benzene rings is 3. The molecule has 0 atom stereocenters. The molecular formula is C23H15Cl2FN2O2. The van der Waals surface area contributed by atoms with Crippen LogP contribution in [0.5, 0.6) is 0 Å². The fourth-order valence-electron chi connectivity index (χ4n) is 3.20. The number of hydrogen-bond acceptors (Lipinski definition) is 3. The molecule has 3 aromatic carbocycles. The third-order valence-electron chi connectivity index (χ3n) is 4.65. The first-order valence-corrected chi connectivity index (χ1v) is 9.81. The fraction of sp³-hybridized carbons (Fsp3) is 0.0435. The second kappa shape index (κ2) is 8.30. The monoisotopic (exact) mass is 440 g/mol. The van der Waals surface area contributed by atoms with Crippen molar-refractivity contribution in [2.45, 2.75) is 6.54 Å². The summed E-state index contributed by atoms with van der Waals surface area (Å²) in [5.41, 5.74) is 1.95. The summed E-state index contributed by atoms with van der Waals surface area (Å²) in [5, 5.41) is 3.99. The molecule has 1 heterocycles. The van der Waals surface area contributed by atoms with Gasteiger partial charge in [0.1, 0.15) is 11.5 Å². The number of imide groups is 1. The van der Waals surface area contributed by atoms with Crippen LogP contribution in [-0.2, 0) is 16.1 Å². The van der Waals surface area contributed by atoms with E-state index in [0.717, 1.165) is 10.5 Å². The third kappa shape index (κ3) is 4.08. The van der Waals surface area contributed by atoms with Crippen molar-refractivity contribution >= 4 is 46.3 Å². The van der Waals surface area contributed by atoms with Gasteiger partial charge in [-0.05, 0) is 53.6 Å². The van der Waals surface area contributed by atoms with Gasteiger partial charge in [-0.2, -0.15) is 0 Å². The molecule has 7 heteroatoms. The number of anilines is 1. The van der Waals surface area contributed by atoms with Crippen molar-refractivity contribution in [2.24, 2.45) is 0 Å². The zero-order chi connectivity index (χ0) is 21.3. The van der Waals surface area contributed by atoms with Crippen molar-refractivity contribution in [3.05, 3.63) is 105 Å². The van der Waals surface area contributed by atoms with E-state index in [1.54, 1.807) is 54.6 Å². The lowest BCUT2D eigenvalue weighted by Crippen LogP contribution is -2.32. The third-order valence-corrected chi connectivity index (χ3v) is 5.15. The molecule has 0 radical (unpaired) electrons. The highest BCUT2D eigenvalue weighted by atomic mass is 35.5. The van der Waals surface area contributed by atoms with E-state index in [-0.39, 0.29) is 17.8 Å². The number of nitrogens with one attached hydrogen (secondary N) is 1. The maximum atomic E-state index is 13.6. The van der Waals surface area contributed by atoms with E-state index >= 15 is 0 Å². The predicted octanol–water partition coefficient (Wildman–Crippen LogP) is 5.52. The summed E-state index contributed by atoms with van der Waals surface area (Å²) < 4.78 is 13.6.